The number of nitrogens with zero attached hydrogens (tertiary/aromatic N) is 3. The molecule has 0 saturated carbocycles. The van der Waals surface area contributed by atoms with Crippen LogP contribution in [0.15, 0.2) is 51.5 Å². The molecule has 0 aliphatic carbocycles. The van der Waals surface area contributed by atoms with Crippen LogP contribution in [0.2, 0.25) is 0 Å². The van der Waals surface area contributed by atoms with Crippen LogP contribution in [0.5, 0.6) is 0 Å². The summed E-state index contributed by atoms with van der Waals surface area (Å²) in [5.74, 6) is 0.756. The average molecular weight is 470 g/mol. The fraction of sp³-hybridized carbons (Fsp3) is 0.318. The summed E-state index contributed by atoms with van der Waals surface area (Å²) in [5, 5.41) is 12.3. The SMILES string of the molecule is CCS(=O)(=O)Nc1ccc(NC(=O)C2CCN(c3oc(-c4ccco4)nc3C#N)CC2)cc1. The standard InChI is InChI=1S/C22H23N5O5S/c1-2-33(29,30)26-17-7-5-16(6-8-17)24-20(28)15-9-11-27(12-10-15)22-18(14-23)25-21(32-22)19-4-3-13-31-19/h3-8,13,15,26H,2,9-12H2,1H3,(H,24,28). The molecule has 10 nitrogen and oxygen atoms in total. The van der Waals surface area contributed by atoms with Gasteiger partial charge in [0.15, 0.2) is 5.76 Å². The van der Waals surface area contributed by atoms with E-state index < -0.39 is 10.0 Å². The number of carbonyl (C=O) groups excluding carboxylic acids is 1. The van der Waals surface area contributed by atoms with E-state index in [0.29, 0.717) is 49.0 Å². The molecule has 3 heterocycles. The minimum atomic E-state index is -3.35. The van der Waals surface area contributed by atoms with Gasteiger partial charge in [-0.3, -0.25) is 9.52 Å². The number of nitrogens with one attached hydrogen (secondary N) is 2. The number of carbonyl (C=O) groups is 1. The van der Waals surface area contributed by atoms with Crippen molar-refractivity contribution < 1.29 is 22.0 Å². The number of sulfonamides is 1. The zero-order chi connectivity index (χ0) is 23.4. The van der Waals surface area contributed by atoms with E-state index in [1.165, 1.54) is 6.26 Å². The third-order valence-corrected chi connectivity index (χ3v) is 6.71. The molecule has 11 heteroatoms. The lowest BCUT2D eigenvalue weighted by Gasteiger charge is -2.30. The lowest BCUT2D eigenvalue weighted by atomic mass is 9.96. The summed E-state index contributed by atoms with van der Waals surface area (Å²) in [7, 11) is -3.35. The third kappa shape index (κ3) is 5.18. The Morgan fingerprint density at radius 2 is 1.91 bits per heavy atom. The Morgan fingerprint density at radius 3 is 2.52 bits per heavy atom. The van der Waals surface area contributed by atoms with Crippen molar-refractivity contribution in [1.82, 2.24) is 4.98 Å². The number of hydrogen-bond acceptors (Lipinski definition) is 8. The molecule has 3 aromatic rings. The number of aromatic nitrogens is 1. The van der Waals surface area contributed by atoms with Gasteiger partial charge in [-0.05, 0) is 56.2 Å². The second-order valence-electron chi connectivity index (χ2n) is 7.60. The summed E-state index contributed by atoms with van der Waals surface area (Å²) in [4.78, 5) is 18.8. The maximum atomic E-state index is 12.7. The van der Waals surface area contributed by atoms with Gasteiger partial charge in [-0.15, -0.1) is 0 Å². The van der Waals surface area contributed by atoms with Crippen molar-refractivity contribution in [2.75, 3.05) is 33.8 Å². The van der Waals surface area contributed by atoms with Gasteiger partial charge in [0.2, 0.25) is 27.5 Å². The number of oxazole rings is 1. The number of anilines is 3. The van der Waals surface area contributed by atoms with Gasteiger partial charge in [-0.25, -0.2) is 8.42 Å². The number of piperidine rings is 1. The second kappa shape index (κ2) is 9.38. The van der Waals surface area contributed by atoms with Crippen molar-refractivity contribution in [3.05, 3.63) is 48.4 Å². The fourth-order valence-electron chi connectivity index (χ4n) is 3.57. The van der Waals surface area contributed by atoms with Gasteiger partial charge in [0.25, 0.3) is 5.89 Å². The van der Waals surface area contributed by atoms with Gasteiger partial charge in [-0.2, -0.15) is 10.2 Å². The summed E-state index contributed by atoms with van der Waals surface area (Å²) in [5.41, 5.74) is 1.22. The molecule has 0 unspecified atom stereocenters. The van der Waals surface area contributed by atoms with Gasteiger partial charge >= 0.3 is 0 Å². The molecule has 33 heavy (non-hydrogen) atoms. The summed E-state index contributed by atoms with van der Waals surface area (Å²) in [6, 6.07) is 12.0. The number of rotatable bonds is 7. The number of benzene rings is 1. The van der Waals surface area contributed by atoms with Crippen molar-refractivity contribution in [3.63, 3.8) is 0 Å². The highest BCUT2D eigenvalue weighted by molar-refractivity contribution is 7.92. The van der Waals surface area contributed by atoms with E-state index >= 15 is 0 Å². The van der Waals surface area contributed by atoms with E-state index in [1.54, 1.807) is 43.3 Å². The van der Waals surface area contributed by atoms with E-state index in [4.69, 9.17) is 8.83 Å². The highest BCUT2D eigenvalue weighted by atomic mass is 32.2. The van der Waals surface area contributed by atoms with Crippen LogP contribution < -0.4 is 14.9 Å². The predicted octanol–water partition coefficient (Wildman–Crippen LogP) is 3.42. The van der Waals surface area contributed by atoms with Gasteiger partial charge in [0.1, 0.15) is 6.07 Å². The molecule has 2 aromatic heterocycles. The van der Waals surface area contributed by atoms with Crippen molar-refractivity contribution >= 4 is 33.2 Å². The molecule has 0 spiro atoms. The van der Waals surface area contributed by atoms with Gasteiger partial charge in [0.05, 0.1) is 12.0 Å². The first-order valence-corrected chi connectivity index (χ1v) is 12.1. The van der Waals surface area contributed by atoms with E-state index in [-0.39, 0.29) is 29.2 Å². The normalized spacial score (nSPS) is 14.6. The van der Waals surface area contributed by atoms with E-state index in [1.807, 2.05) is 4.90 Å². The molecule has 2 N–H and O–H groups in total. The first kappa shape index (κ1) is 22.4. The van der Waals surface area contributed by atoms with Crippen molar-refractivity contribution in [2.24, 2.45) is 5.92 Å². The topological polar surface area (TPSA) is 141 Å². The summed E-state index contributed by atoms with van der Waals surface area (Å²) in [6.45, 7) is 2.64. The number of nitriles is 1. The monoisotopic (exact) mass is 469 g/mol. The minimum Gasteiger partial charge on any atom is -0.459 e. The lowest BCUT2D eigenvalue weighted by molar-refractivity contribution is -0.120. The van der Waals surface area contributed by atoms with Gasteiger partial charge in [0, 0.05) is 30.4 Å². The van der Waals surface area contributed by atoms with Crippen LogP contribution in [0.1, 0.15) is 25.5 Å². The molecule has 1 fully saturated rings. The van der Waals surface area contributed by atoms with Crippen LogP contribution in [-0.2, 0) is 14.8 Å². The molecule has 1 saturated heterocycles. The Bertz CT molecular complexity index is 1250. The highest BCUT2D eigenvalue weighted by Crippen LogP contribution is 2.31. The smallest absolute Gasteiger partial charge is 0.266 e. The quantitative estimate of drug-likeness (QED) is 0.536. The molecule has 1 amide bonds. The maximum absolute atomic E-state index is 12.7. The molecule has 1 aliphatic heterocycles. The summed E-state index contributed by atoms with van der Waals surface area (Å²) < 4.78 is 36.8. The Labute approximate surface area is 191 Å². The number of amides is 1. The molecule has 1 aliphatic rings. The third-order valence-electron chi connectivity index (χ3n) is 5.41. The molecule has 4 rings (SSSR count). The van der Waals surface area contributed by atoms with Crippen molar-refractivity contribution in [2.45, 2.75) is 19.8 Å². The molecular weight excluding hydrogens is 446 g/mol. The summed E-state index contributed by atoms with van der Waals surface area (Å²) >= 11 is 0. The van der Waals surface area contributed by atoms with Crippen LogP contribution >= 0.6 is 0 Å². The lowest BCUT2D eigenvalue weighted by Crippen LogP contribution is -2.38. The Hall–Kier alpha value is -3.78. The Balaban J connectivity index is 1.35. The maximum Gasteiger partial charge on any atom is 0.266 e. The number of hydrogen-bond donors (Lipinski definition) is 2. The van der Waals surface area contributed by atoms with Crippen molar-refractivity contribution in [1.29, 1.82) is 5.26 Å². The largest absolute Gasteiger partial charge is 0.459 e. The van der Waals surface area contributed by atoms with Crippen LogP contribution in [0.4, 0.5) is 17.3 Å². The second-order valence-corrected chi connectivity index (χ2v) is 9.61. The van der Waals surface area contributed by atoms with Crippen molar-refractivity contribution in [3.8, 4) is 17.7 Å². The fourth-order valence-corrected chi connectivity index (χ4v) is 4.21. The van der Waals surface area contributed by atoms with Gasteiger partial charge < -0.3 is 19.1 Å². The number of furan rings is 1. The van der Waals surface area contributed by atoms with E-state index in [2.05, 4.69) is 21.1 Å². The highest BCUT2D eigenvalue weighted by Gasteiger charge is 2.29. The molecular formula is C22H23N5O5S. The molecule has 0 radical (unpaired) electrons. The first-order valence-electron chi connectivity index (χ1n) is 10.5. The molecule has 172 valence electrons. The first-order chi connectivity index (χ1) is 15.9. The predicted molar refractivity (Wildman–Crippen MR) is 122 cm³/mol. The van der Waals surface area contributed by atoms with Crippen LogP contribution in [0, 0.1) is 17.2 Å². The van der Waals surface area contributed by atoms with Crippen LogP contribution in [-0.4, -0.2) is 38.2 Å². The van der Waals surface area contributed by atoms with E-state index in [0.717, 1.165) is 0 Å². The minimum absolute atomic E-state index is 0.0156. The zero-order valence-electron chi connectivity index (χ0n) is 17.9. The zero-order valence-corrected chi connectivity index (χ0v) is 18.8. The molecule has 0 atom stereocenters. The Kier molecular flexibility index (Phi) is 6.37. The van der Waals surface area contributed by atoms with Crippen LogP contribution in [0.3, 0.4) is 0 Å². The van der Waals surface area contributed by atoms with Crippen LogP contribution in [0.25, 0.3) is 11.7 Å². The molecule has 1 aromatic carbocycles. The summed E-state index contributed by atoms with van der Waals surface area (Å²) in [6.07, 6.45) is 2.68. The van der Waals surface area contributed by atoms with Gasteiger partial charge in [-0.1, -0.05) is 0 Å². The average Bonchev–Trinajstić information content (AvgIpc) is 3.50. The Morgan fingerprint density at radius 1 is 1.21 bits per heavy atom. The van der Waals surface area contributed by atoms with E-state index in [9.17, 15) is 18.5 Å². The molecule has 0 bridgehead atoms.